The first kappa shape index (κ1) is 23.6. The molecule has 1 aliphatic heterocycles. The van der Waals surface area contributed by atoms with Crippen molar-refractivity contribution in [2.75, 3.05) is 23.0 Å². The molecule has 0 radical (unpaired) electrons. The van der Waals surface area contributed by atoms with Gasteiger partial charge in [0.2, 0.25) is 5.91 Å². The number of amides is 2. The minimum absolute atomic E-state index is 0.0880. The molecule has 0 saturated carbocycles. The first-order chi connectivity index (χ1) is 16.1. The summed E-state index contributed by atoms with van der Waals surface area (Å²) < 4.78 is 36.9. The van der Waals surface area contributed by atoms with Crippen molar-refractivity contribution in [1.82, 2.24) is 4.98 Å². The third-order valence-corrected chi connectivity index (χ3v) is 6.87. The standard InChI is InChI=1S/C25H24FN3O4S/c1-16(24(30)27-19-10-8-18(26)9-11-19)21-12-13-23-22(28-21)7-4-14-29(23)25(31)17-5-3-6-20(15-17)34(2,32)33/h3,5-6,8-13,15-16H,4,7,14H2,1-2H3,(H,27,30). The summed E-state index contributed by atoms with van der Waals surface area (Å²) in [6.07, 6.45) is 2.45. The van der Waals surface area contributed by atoms with Gasteiger partial charge in [-0.25, -0.2) is 12.8 Å². The largest absolute Gasteiger partial charge is 0.326 e. The molecule has 0 spiro atoms. The molecule has 34 heavy (non-hydrogen) atoms. The van der Waals surface area contributed by atoms with E-state index >= 15 is 0 Å². The van der Waals surface area contributed by atoms with Gasteiger partial charge < -0.3 is 10.2 Å². The minimum atomic E-state index is -3.44. The van der Waals surface area contributed by atoms with Crippen molar-refractivity contribution in [2.45, 2.75) is 30.6 Å². The molecule has 0 bridgehead atoms. The van der Waals surface area contributed by atoms with Crippen LogP contribution in [0.25, 0.3) is 0 Å². The van der Waals surface area contributed by atoms with Gasteiger partial charge in [-0.05, 0) is 74.4 Å². The Balaban J connectivity index is 1.56. The quantitative estimate of drug-likeness (QED) is 0.595. The summed E-state index contributed by atoms with van der Waals surface area (Å²) in [5.41, 5.74) is 2.69. The number of aryl methyl sites for hydroxylation is 1. The monoisotopic (exact) mass is 481 g/mol. The molecule has 4 rings (SSSR count). The Morgan fingerprint density at radius 2 is 1.82 bits per heavy atom. The normalized spacial score (nSPS) is 14.3. The summed E-state index contributed by atoms with van der Waals surface area (Å²) in [6.45, 7) is 2.21. The number of sulfone groups is 1. The number of anilines is 2. The number of hydrogen-bond donors (Lipinski definition) is 1. The molecule has 1 N–H and O–H groups in total. The van der Waals surface area contributed by atoms with E-state index in [1.807, 2.05) is 0 Å². The van der Waals surface area contributed by atoms with Crippen molar-refractivity contribution < 1.29 is 22.4 Å². The van der Waals surface area contributed by atoms with Gasteiger partial charge in [0, 0.05) is 24.1 Å². The second kappa shape index (κ2) is 9.34. The highest BCUT2D eigenvalue weighted by molar-refractivity contribution is 7.90. The Morgan fingerprint density at radius 1 is 1.09 bits per heavy atom. The zero-order valence-corrected chi connectivity index (χ0v) is 19.6. The average molecular weight is 482 g/mol. The van der Waals surface area contributed by atoms with E-state index in [2.05, 4.69) is 10.3 Å². The van der Waals surface area contributed by atoms with Gasteiger partial charge in [0.25, 0.3) is 5.91 Å². The summed E-state index contributed by atoms with van der Waals surface area (Å²) in [5.74, 6) is -1.53. The number of hydrogen-bond acceptors (Lipinski definition) is 5. The Labute approximate surface area is 197 Å². The van der Waals surface area contributed by atoms with E-state index < -0.39 is 15.8 Å². The zero-order valence-electron chi connectivity index (χ0n) is 18.8. The van der Waals surface area contributed by atoms with Gasteiger partial charge in [0.05, 0.1) is 27.9 Å². The lowest BCUT2D eigenvalue weighted by molar-refractivity contribution is -0.117. The Bertz CT molecular complexity index is 1360. The van der Waals surface area contributed by atoms with Crippen LogP contribution in [0, 0.1) is 5.82 Å². The molecule has 2 heterocycles. The molecule has 2 aromatic carbocycles. The van der Waals surface area contributed by atoms with Gasteiger partial charge in [0.15, 0.2) is 9.84 Å². The van der Waals surface area contributed by atoms with E-state index in [-0.39, 0.29) is 28.1 Å². The number of rotatable bonds is 5. The van der Waals surface area contributed by atoms with Crippen LogP contribution < -0.4 is 10.2 Å². The van der Waals surface area contributed by atoms with Gasteiger partial charge in [-0.2, -0.15) is 0 Å². The number of pyridine rings is 1. The van der Waals surface area contributed by atoms with Crippen molar-refractivity contribution in [3.63, 3.8) is 0 Å². The van der Waals surface area contributed by atoms with E-state index in [0.717, 1.165) is 6.26 Å². The highest BCUT2D eigenvalue weighted by atomic mass is 32.2. The predicted molar refractivity (Wildman–Crippen MR) is 127 cm³/mol. The van der Waals surface area contributed by atoms with Gasteiger partial charge >= 0.3 is 0 Å². The summed E-state index contributed by atoms with van der Waals surface area (Å²) in [4.78, 5) is 32.2. The van der Waals surface area contributed by atoms with Gasteiger partial charge in [0.1, 0.15) is 5.82 Å². The van der Waals surface area contributed by atoms with Crippen LogP contribution in [0.15, 0.2) is 65.6 Å². The van der Waals surface area contributed by atoms with Crippen molar-refractivity contribution in [2.24, 2.45) is 0 Å². The van der Waals surface area contributed by atoms with Crippen molar-refractivity contribution in [1.29, 1.82) is 0 Å². The second-order valence-corrected chi connectivity index (χ2v) is 10.3. The van der Waals surface area contributed by atoms with E-state index in [9.17, 15) is 22.4 Å². The summed E-state index contributed by atoms with van der Waals surface area (Å²) in [7, 11) is -3.44. The number of nitrogens with zero attached hydrogens (tertiary/aromatic N) is 2. The Morgan fingerprint density at radius 3 is 2.53 bits per heavy atom. The van der Waals surface area contributed by atoms with Crippen molar-refractivity contribution >= 4 is 33.0 Å². The minimum Gasteiger partial charge on any atom is -0.326 e. The molecule has 7 nitrogen and oxygen atoms in total. The van der Waals surface area contributed by atoms with Crippen LogP contribution in [0.4, 0.5) is 15.8 Å². The predicted octanol–water partition coefficient (Wildman–Crippen LogP) is 3.96. The molecule has 0 saturated heterocycles. The summed E-state index contributed by atoms with van der Waals surface area (Å²) in [5, 5.41) is 2.75. The van der Waals surface area contributed by atoms with Crippen LogP contribution in [-0.4, -0.2) is 38.0 Å². The molecule has 2 amide bonds. The van der Waals surface area contributed by atoms with Crippen molar-refractivity contribution in [3.8, 4) is 0 Å². The number of benzene rings is 2. The van der Waals surface area contributed by atoms with Crippen LogP contribution >= 0.6 is 0 Å². The maximum absolute atomic E-state index is 13.2. The van der Waals surface area contributed by atoms with Crippen LogP contribution in [0.5, 0.6) is 0 Å². The van der Waals surface area contributed by atoms with Crippen molar-refractivity contribution in [3.05, 3.63) is 83.4 Å². The van der Waals surface area contributed by atoms with Gasteiger partial charge in [-0.1, -0.05) is 6.07 Å². The van der Waals surface area contributed by atoms with Crippen LogP contribution in [0.3, 0.4) is 0 Å². The average Bonchev–Trinajstić information content (AvgIpc) is 2.83. The molecular weight excluding hydrogens is 457 g/mol. The summed E-state index contributed by atoms with van der Waals surface area (Å²) in [6, 6.07) is 15.0. The maximum atomic E-state index is 13.2. The van der Waals surface area contributed by atoms with E-state index in [1.54, 1.807) is 36.1 Å². The van der Waals surface area contributed by atoms with E-state index in [4.69, 9.17) is 0 Å². The number of carbonyl (C=O) groups excluding carboxylic acids is 2. The van der Waals surface area contributed by atoms with E-state index in [1.165, 1.54) is 36.4 Å². The molecule has 176 valence electrons. The lowest BCUT2D eigenvalue weighted by atomic mass is 10.0. The molecule has 1 aliphatic rings. The van der Waals surface area contributed by atoms with Crippen LogP contribution in [-0.2, 0) is 21.1 Å². The molecule has 0 fully saturated rings. The number of nitrogens with one attached hydrogen (secondary N) is 1. The molecule has 9 heteroatoms. The fourth-order valence-corrected chi connectivity index (χ4v) is 4.52. The van der Waals surface area contributed by atoms with Crippen LogP contribution in [0.2, 0.25) is 0 Å². The highest BCUT2D eigenvalue weighted by Gasteiger charge is 2.27. The Kier molecular flexibility index (Phi) is 6.47. The number of fused-ring (bicyclic) bond motifs is 1. The zero-order chi connectivity index (χ0) is 24.5. The SMILES string of the molecule is CC(C(=O)Nc1ccc(F)cc1)c1ccc2c(n1)CCCN2C(=O)c1cccc(S(C)(=O)=O)c1. The third-order valence-electron chi connectivity index (χ3n) is 5.76. The number of carbonyl (C=O) groups is 2. The fraction of sp³-hybridized carbons (Fsp3) is 0.240. The highest BCUT2D eigenvalue weighted by Crippen LogP contribution is 2.30. The first-order valence-corrected chi connectivity index (χ1v) is 12.7. The molecule has 1 unspecified atom stereocenters. The molecule has 3 aromatic rings. The first-order valence-electron chi connectivity index (χ1n) is 10.8. The Hall–Kier alpha value is -3.59. The maximum Gasteiger partial charge on any atom is 0.258 e. The smallest absolute Gasteiger partial charge is 0.258 e. The topological polar surface area (TPSA) is 96.4 Å². The lowest BCUT2D eigenvalue weighted by Gasteiger charge is -2.29. The molecular formula is C25H24FN3O4S. The number of aromatic nitrogens is 1. The van der Waals surface area contributed by atoms with E-state index in [0.29, 0.717) is 42.1 Å². The lowest BCUT2D eigenvalue weighted by Crippen LogP contribution is -2.36. The van der Waals surface area contributed by atoms with Crippen LogP contribution in [0.1, 0.15) is 41.0 Å². The third kappa shape index (κ3) is 4.99. The fourth-order valence-electron chi connectivity index (χ4n) is 3.85. The summed E-state index contributed by atoms with van der Waals surface area (Å²) >= 11 is 0. The molecule has 0 aliphatic carbocycles. The molecule has 1 aromatic heterocycles. The van der Waals surface area contributed by atoms with Gasteiger partial charge in [-0.15, -0.1) is 0 Å². The van der Waals surface area contributed by atoms with Gasteiger partial charge in [-0.3, -0.25) is 14.6 Å². The second-order valence-electron chi connectivity index (χ2n) is 8.28. The molecule has 1 atom stereocenters. The number of halogens is 1.